The summed E-state index contributed by atoms with van der Waals surface area (Å²) in [5.74, 6) is -1.35. The first-order valence-corrected chi connectivity index (χ1v) is 5.76. The molecule has 1 saturated heterocycles. The first-order valence-electron chi connectivity index (χ1n) is 5.76. The molecule has 1 saturated carbocycles. The standard InChI is InChI=1S/C11H17NO4/c13-10(8-1-2-9(8)11(14)15)12-5-7-3-4-16-6-7/h7-9H,1-6H2,(H,12,13)(H,14,15). The van der Waals surface area contributed by atoms with Crippen molar-refractivity contribution in [3.8, 4) is 0 Å². The molecule has 3 unspecified atom stereocenters. The molecular weight excluding hydrogens is 210 g/mol. The van der Waals surface area contributed by atoms with Gasteiger partial charge in [0.25, 0.3) is 0 Å². The number of aliphatic carboxylic acids is 1. The van der Waals surface area contributed by atoms with Gasteiger partial charge in [-0.15, -0.1) is 0 Å². The van der Waals surface area contributed by atoms with Crippen molar-refractivity contribution in [2.75, 3.05) is 19.8 Å². The average Bonchev–Trinajstić information content (AvgIpc) is 2.64. The Morgan fingerprint density at radius 1 is 1.25 bits per heavy atom. The van der Waals surface area contributed by atoms with E-state index in [1.165, 1.54) is 0 Å². The Morgan fingerprint density at radius 3 is 2.50 bits per heavy atom. The van der Waals surface area contributed by atoms with Crippen molar-refractivity contribution < 1.29 is 19.4 Å². The molecule has 3 atom stereocenters. The van der Waals surface area contributed by atoms with Crippen molar-refractivity contribution in [2.45, 2.75) is 19.3 Å². The van der Waals surface area contributed by atoms with Gasteiger partial charge >= 0.3 is 5.97 Å². The number of rotatable bonds is 4. The van der Waals surface area contributed by atoms with Crippen molar-refractivity contribution >= 4 is 11.9 Å². The van der Waals surface area contributed by atoms with Crippen LogP contribution in [0.2, 0.25) is 0 Å². The van der Waals surface area contributed by atoms with E-state index in [1.807, 2.05) is 0 Å². The molecule has 0 aromatic carbocycles. The van der Waals surface area contributed by atoms with Crippen LogP contribution < -0.4 is 5.32 Å². The maximum atomic E-state index is 11.7. The van der Waals surface area contributed by atoms with E-state index in [4.69, 9.17) is 9.84 Å². The average molecular weight is 227 g/mol. The van der Waals surface area contributed by atoms with E-state index >= 15 is 0 Å². The smallest absolute Gasteiger partial charge is 0.307 e. The minimum atomic E-state index is -0.851. The Kier molecular flexibility index (Phi) is 3.43. The molecule has 1 aliphatic carbocycles. The monoisotopic (exact) mass is 227 g/mol. The van der Waals surface area contributed by atoms with Crippen LogP contribution in [0.15, 0.2) is 0 Å². The van der Waals surface area contributed by atoms with E-state index in [2.05, 4.69) is 5.32 Å². The Labute approximate surface area is 94.2 Å². The highest BCUT2D eigenvalue weighted by molar-refractivity contribution is 5.86. The van der Waals surface area contributed by atoms with Gasteiger partial charge in [0.05, 0.1) is 18.4 Å². The van der Waals surface area contributed by atoms with Gasteiger partial charge in [0, 0.05) is 19.1 Å². The van der Waals surface area contributed by atoms with Crippen LogP contribution in [0.4, 0.5) is 0 Å². The summed E-state index contributed by atoms with van der Waals surface area (Å²) in [6.45, 7) is 2.08. The van der Waals surface area contributed by atoms with Gasteiger partial charge in [0.1, 0.15) is 0 Å². The Morgan fingerprint density at radius 2 is 2.00 bits per heavy atom. The molecule has 0 aromatic rings. The van der Waals surface area contributed by atoms with Crippen molar-refractivity contribution in [1.29, 1.82) is 0 Å². The molecule has 0 radical (unpaired) electrons. The van der Waals surface area contributed by atoms with Crippen LogP contribution in [0.25, 0.3) is 0 Å². The van der Waals surface area contributed by atoms with Gasteiger partial charge in [-0.1, -0.05) is 0 Å². The van der Waals surface area contributed by atoms with Crippen LogP contribution in [0.5, 0.6) is 0 Å². The van der Waals surface area contributed by atoms with Gasteiger partial charge in [-0.05, 0) is 19.3 Å². The van der Waals surface area contributed by atoms with Crippen molar-refractivity contribution in [3.05, 3.63) is 0 Å². The van der Waals surface area contributed by atoms with E-state index < -0.39 is 11.9 Å². The molecule has 16 heavy (non-hydrogen) atoms. The molecule has 5 heteroatoms. The summed E-state index contributed by atoms with van der Waals surface area (Å²) in [4.78, 5) is 22.4. The molecule has 2 rings (SSSR count). The highest BCUT2D eigenvalue weighted by Crippen LogP contribution is 2.34. The Hall–Kier alpha value is -1.10. The second kappa shape index (κ2) is 4.82. The zero-order valence-corrected chi connectivity index (χ0v) is 9.15. The summed E-state index contributed by atoms with van der Waals surface area (Å²) >= 11 is 0. The van der Waals surface area contributed by atoms with E-state index in [1.54, 1.807) is 0 Å². The summed E-state index contributed by atoms with van der Waals surface area (Å²) in [6, 6.07) is 0. The van der Waals surface area contributed by atoms with Crippen LogP contribution in [0.1, 0.15) is 19.3 Å². The summed E-state index contributed by atoms with van der Waals surface area (Å²) < 4.78 is 5.20. The third-order valence-corrected chi connectivity index (χ3v) is 3.52. The SMILES string of the molecule is O=C(O)C1CCC1C(=O)NCC1CCOC1. The van der Waals surface area contributed by atoms with Crippen LogP contribution >= 0.6 is 0 Å². The second-order valence-corrected chi connectivity index (χ2v) is 4.60. The predicted octanol–water partition coefficient (Wildman–Crippen LogP) is 0.250. The Balaban J connectivity index is 1.73. The summed E-state index contributed by atoms with van der Waals surface area (Å²) in [7, 11) is 0. The molecule has 1 heterocycles. The van der Waals surface area contributed by atoms with Crippen LogP contribution in [-0.4, -0.2) is 36.7 Å². The lowest BCUT2D eigenvalue weighted by Crippen LogP contribution is -2.45. The van der Waals surface area contributed by atoms with Crippen LogP contribution in [-0.2, 0) is 14.3 Å². The maximum Gasteiger partial charge on any atom is 0.307 e. The van der Waals surface area contributed by atoms with Crippen molar-refractivity contribution in [1.82, 2.24) is 5.32 Å². The minimum absolute atomic E-state index is 0.106. The van der Waals surface area contributed by atoms with Crippen molar-refractivity contribution in [2.24, 2.45) is 17.8 Å². The lowest BCUT2D eigenvalue weighted by molar-refractivity contribution is -0.152. The largest absolute Gasteiger partial charge is 0.481 e. The van der Waals surface area contributed by atoms with Gasteiger partial charge in [-0.25, -0.2) is 0 Å². The molecule has 2 fully saturated rings. The van der Waals surface area contributed by atoms with Gasteiger partial charge in [-0.2, -0.15) is 0 Å². The Bertz CT molecular complexity index is 286. The summed E-state index contributed by atoms with van der Waals surface area (Å²) in [5, 5.41) is 11.7. The highest BCUT2D eigenvalue weighted by Gasteiger charge is 2.41. The third kappa shape index (κ3) is 2.35. The van der Waals surface area contributed by atoms with Gasteiger partial charge < -0.3 is 15.2 Å². The van der Waals surface area contributed by atoms with Crippen LogP contribution in [0.3, 0.4) is 0 Å². The fourth-order valence-electron chi connectivity index (χ4n) is 2.23. The number of carbonyl (C=O) groups is 2. The molecule has 0 bridgehead atoms. The molecule has 2 N–H and O–H groups in total. The molecule has 1 aliphatic heterocycles. The number of carboxylic acids is 1. The number of carboxylic acid groups (broad SMARTS) is 1. The quantitative estimate of drug-likeness (QED) is 0.722. The van der Waals surface area contributed by atoms with Gasteiger partial charge in [-0.3, -0.25) is 9.59 Å². The highest BCUT2D eigenvalue weighted by atomic mass is 16.5. The van der Waals surface area contributed by atoms with E-state index in [-0.39, 0.29) is 11.8 Å². The van der Waals surface area contributed by atoms with E-state index in [0.717, 1.165) is 13.0 Å². The zero-order valence-electron chi connectivity index (χ0n) is 9.15. The fourth-order valence-corrected chi connectivity index (χ4v) is 2.23. The number of ether oxygens (including phenoxy) is 1. The molecule has 90 valence electrons. The molecule has 1 amide bonds. The molecule has 0 spiro atoms. The first kappa shape index (κ1) is 11.4. The number of amides is 1. The van der Waals surface area contributed by atoms with Gasteiger partial charge in [0.2, 0.25) is 5.91 Å². The minimum Gasteiger partial charge on any atom is -0.481 e. The fraction of sp³-hybridized carbons (Fsp3) is 0.818. The van der Waals surface area contributed by atoms with Crippen molar-refractivity contribution in [3.63, 3.8) is 0 Å². The van der Waals surface area contributed by atoms with E-state index in [9.17, 15) is 9.59 Å². The maximum absolute atomic E-state index is 11.7. The molecular formula is C11H17NO4. The number of nitrogens with one attached hydrogen (secondary N) is 1. The lowest BCUT2D eigenvalue weighted by Gasteiger charge is -2.32. The topological polar surface area (TPSA) is 75.6 Å². The first-order chi connectivity index (χ1) is 7.68. The molecule has 5 nitrogen and oxygen atoms in total. The second-order valence-electron chi connectivity index (χ2n) is 4.60. The predicted molar refractivity (Wildman–Crippen MR) is 55.8 cm³/mol. The molecule has 2 aliphatic rings. The zero-order chi connectivity index (χ0) is 11.5. The lowest BCUT2D eigenvalue weighted by atomic mass is 9.73. The number of hydrogen-bond donors (Lipinski definition) is 2. The molecule has 0 aromatic heterocycles. The van der Waals surface area contributed by atoms with Gasteiger partial charge in [0.15, 0.2) is 0 Å². The van der Waals surface area contributed by atoms with E-state index in [0.29, 0.717) is 31.9 Å². The van der Waals surface area contributed by atoms with Crippen LogP contribution in [0, 0.1) is 17.8 Å². The number of hydrogen-bond acceptors (Lipinski definition) is 3. The third-order valence-electron chi connectivity index (χ3n) is 3.52. The number of carbonyl (C=O) groups excluding carboxylic acids is 1. The summed E-state index contributed by atoms with van der Waals surface area (Å²) in [6.07, 6.45) is 2.30. The summed E-state index contributed by atoms with van der Waals surface area (Å²) in [5.41, 5.74) is 0. The normalized spacial score (nSPS) is 33.1.